The fraction of sp³-hybridized carbons (Fsp3) is 0.600. The Bertz CT molecular complexity index is 428. The summed E-state index contributed by atoms with van der Waals surface area (Å²) >= 11 is 11.9. The number of halogens is 2. The van der Waals surface area contributed by atoms with Gasteiger partial charge in [0, 0.05) is 30.7 Å². The molecule has 5 heteroatoms. The molecule has 1 aliphatic rings. The number of nitrogens with one attached hydrogen (secondary N) is 1. The van der Waals surface area contributed by atoms with E-state index >= 15 is 0 Å². The Morgan fingerprint density at radius 2 is 2.20 bits per heavy atom. The summed E-state index contributed by atoms with van der Waals surface area (Å²) in [5.74, 6) is 0.714. The van der Waals surface area contributed by atoms with E-state index in [1.807, 2.05) is 6.07 Å². The van der Waals surface area contributed by atoms with Crippen molar-refractivity contribution in [2.45, 2.75) is 25.8 Å². The SMILES string of the molecule is CC1CNCCN1CCCCOc1ccc(Cl)cc1Cl. The summed E-state index contributed by atoms with van der Waals surface area (Å²) in [6.07, 6.45) is 2.19. The maximum atomic E-state index is 6.06. The Morgan fingerprint density at radius 3 is 2.95 bits per heavy atom. The highest BCUT2D eigenvalue weighted by atomic mass is 35.5. The summed E-state index contributed by atoms with van der Waals surface area (Å²) in [5, 5.41) is 4.62. The summed E-state index contributed by atoms with van der Waals surface area (Å²) in [7, 11) is 0. The van der Waals surface area contributed by atoms with Crippen LogP contribution in [-0.4, -0.2) is 43.7 Å². The molecule has 3 nitrogen and oxygen atoms in total. The Kier molecular flexibility index (Phi) is 6.43. The average Bonchev–Trinajstić information content (AvgIpc) is 2.42. The zero-order valence-corrected chi connectivity index (χ0v) is 13.4. The van der Waals surface area contributed by atoms with Gasteiger partial charge in [-0.25, -0.2) is 0 Å². The van der Waals surface area contributed by atoms with Crippen LogP contribution in [-0.2, 0) is 0 Å². The number of ether oxygens (including phenoxy) is 1. The van der Waals surface area contributed by atoms with Crippen molar-refractivity contribution in [1.82, 2.24) is 10.2 Å². The van der Waals surface area contributed by atoms with E-state index in [4.69, 9.17) is 27.9 Å². The van der Waals surface area contributed by atoms with Gasteiger partial charge in [0.2, 0.25) is 0 Å². The van der Waals surface area contributed by atoms with Crippen molar-refractivity contribution in [3.63, 3.8) is 0 Å². The standard InChI is InChI=1S/C15H22Cl2N2O/c1-12-11-18-6-8-19(12)7-2-3-9-20-15-5-4-13(16)10-14(15)17/h4-5,10,12,18H,2-3,6-9,11H2,1H3. The highest BCUT2D eigenvalue weighted by Gasteiger charge is 2.16. The Hall–Kier alpha value is -0.480. The molecule has 1 aliphatic heterocycles. The van der Waals surface area contributed by atoms with E-state index in [9.17, 15) is 0 Å². The van der Waals surface area contributed by atoms with Gasteiger partial charge in [0.1, 0.15) is 5.75 Å². The Morgan fingerprint density at radius 1 is 1.35 bits per heavy atom. The number of benzene rings is 1. The smallest absolute Gasteiger partial charge is 0.137 e. The van der Waals surface area contributed by atoms with Crippen molar-refractivity contribution in [1.29, 1.82) is 0 Å². The van der Waals surface area contributed by atoms with Gasteiger partial charge < -0.3 is 10.1 Å². The largest absolute Gasteiger partial charge is 0.492 e. The lowest BCUT2D eigenvalue weighted by atomic mass is 10.2. The van der Waals surface area contributed by atoms with Crippen molar-refractivity contribution in [3.05, 3.63) is 28.2 Å². The Labute approximate surface area is 131 Å². The zero-order chi connectivity index (χ0) is 14.4. The second-order valence-corrected chi connectivity index (χ2v) is 6.06. The van der Waals surface area contributed by atoms with Crippen molar-refractivity contribution in [2.75, 3.05) is 32.8 Å². The fourth-order valence-electron chi connectivity index (χ4n) is 2.41. The highest BCUT2D eigenvalue weighted by Crippen LogP contribution is 2.27. The molecule has 2 rings (SSSR count). The molecule has 0 saturated carbocycles. The molecule has 1 heterocycles. The monoisotopic (exact) mass is 316 g/mol. The second kappa shape index (κ2) is 8.08. The van der Waals surface area contributed by atoms with E-state index < -0.39 is 0 Å². The zero-order valence-electron chi connectivity index (χ0n) is 11.9. The van der Waals surface area contributed by atoms with Crippen molar-refractivity contribution in [2.24, 2.45) is 0 Å². The van der Waals surface area contributed by atoms with Crippen LogP contribution in [0.3, 0.4) is 0 Å². The molecule has 0 radical (unpaired) electrons. The molecule has 0 aromatic heterocycles. The third-order valence-electron chi connectivity index (χ3n) is 3.63. The van der Waals surface area contributed by atoms with Crippen molar-refractivity contribution in [3.8, 4) is 5.75 Å². The molecule has 1 N–H and O–H groups in total. The van der Waals surface area contributed by atoms with Gasteiger partial charge >= 0.3 is 0 Å². The maximum absolute atomic E-state index is 6.06. The van der Waals surface area contributed by atoms with Gasteiger partial charge in [-0.3, -0.25) is 4.90 Å². The van der Waals surface area contributed by atoms with E-state index in [-0.39, 0.29) is 0 Å². The van der Waals surface area contributed by atoms with Crippen LogP contribution < -0.4 is 10.1 Å². The molecule has 1 aromatic rings. The third-order valence-corrected chi connectivity index (χ3v) is 4.16. The summed E-state index contributed by atoms with van der Waals surface area (Å²) in [6.45, 7) is 7.45. The van der Waals surface area contributed by atoms with Crippen LogP contribution in [0.15, 0.2) is 18.2 Å². The first-order valence-electron chi connectivity index (χ1n) is 7.19. The van der Waals surface area contributed by atoms with Crippen molar-refractivity contribution >= 4 is 23.2 Å². The summed E-state index contributed by atoms with van der Waals surface area (Å²) in [4.78, 5) is 2.53. The van der Waals surface area contributed by atoms with Crippen LogP contribution in [0.4, 0.5) is 0 Å². The first-order chi connectivity index (χ1) is 9.66. The third kappa shape index (κ3) is 4.81. The number of hydrogen-bond donors (Lipinski definition) is 1. The van der Waals surface area contributed by atoms with Crippen LogP contribution in [0.2, 0.25) is 10.0 Å². The van der Waals surface area contributed by atoms with Gasteiger partial charge in [-0.05, 0) is 44.5 Å². The van der Waals surface area contributed by atoms with Crippen LogP contribution in [0.5, 0.6) is 5.75 Å². The van der Waals surface area contributed by atoms with Gasteiger partial charge in [-0.2, -0.15) is 0 Å². The van der Waals surface area contributed by atoms with Crippen molar-refractivity contribution < 1.29 is 4.74 Å². The van der Waals surface area contributed by atoms with Gasteiger partial charge in [-0.1, -0.05) is 23.2 Å². The number of piperazine rings is 1. The van der Waals surface area contributed by atoms with Crippen LogP contribution in [0.25, 0.3) is 0 Å². The molecule has 1 aromatic carbocycles. The molecule has 112 valence electrons. The predicted molar refractivity (Wildman–Crippen MR) is 85.1 cm³/mol. The molecule has 1 atom stereocenters. The summed E-state index contributed by atoms with van der Waals surface area (Å²) < 4.78 is 5.69. The molecule has 0 spiro atoms. The quantitative estimate of drug-likeness (QED) is 0.814. The molecule has 1 fully saturated rings. The van der Waals surface area contributed by atoms with Gasteiger partial charge in [-0.15, -0.1) is 0 Å². The molecule has 0 aliphatic carbocycles. The van der Waals surface area contributed by atoms with Gasteiger partial charge in [0.05, 0.1) is 11.6 Å². The van der Waals surface area contributed by atoms with Gasteiger partial charge in [0.15, 0.2) is 0 Å². The topological polar surface area (TPSA) is 24.5 Å². The second-order valence-electron chi connectivity index (χ2n) is 5.22. The lowest BCUT2D eigenvalue weighted by Gasteiger charge is -2.33. The minimum Gasteiger partial charge on any atom is -0.492 e. The first kappa shape index (κ1) is 15.9. The van der Waals surface area contributed by atoms with E-state index in [2.05, 4.69) is 17.1 Å². The van der Waals surface area contributed by atoms with E-state index in [1.54, 1.807) is 12.1 Å². The molecule has 0 amide bonds. The van der Waals surface area contributed by atoms with Crippen LogP contribution in [0, 0.1) is 0 Å². The molecule has 1 saturated heterocycles. The fourth-order valence-corrected chi connectivity index (χ4v) is 2.87. The molecular formula is C15H22Cl2N2O. The normalized spacial score (nSPS) is 20.1. The van der Waals surface area contributed by atoms with Crippen LogP contribution in [0.1, 0.15) is 19.8 Å². The lowest BCUT2D eigenvalue weighted by Crippen LogP contribution is -2.49. The van der Waals surface area contributed by atoms with E-state index in [1.165, 1.54) is 0 Å². The number of unbranched alkanes of at least 4 members (excludes halogenated alkanes) is 1. The predicted octanol–water partition coefficient (Wildman–Crippen LogP) is 3.45. The maximum Gasteiger partial charge on any atom is 0.137 e. The highest BCUT2D eigenvalue weighted by molar-refractivity contribution is 6.35. The molecular weight excluding hydrogens is 295 g/mol. The lowest BCUT2D eigenvalue weighted by molar-refractivity contribution is 0.167. The van der Waals surface area contributed by atoms with E-state index in [0.29, 0.717) is 28.4 Å². The average molecular weight is 317 g/mol. The summed E-state index contributed by atoms with van der Waals surface area (Å²) in [5.41, 5.74) is 0. The Balaban J connectivity index is 1.64. The molecule has 0 bridgehead atoms. The van der Waals surface area contributed by atoms with E-state index in [0.717, 1.165) is 39.0 Å². The molecule has 20 heavy (non-hydrogen) atoms. The molecule has 1 unspecified atom stereocenters. The van der Waals surface area contributed by atoms with Gasteiger partial charge in [0.25, 0.3) is 0 Å². The summed E-state index contributed by atoms with van der Waals surface area (Å²) in [6, 6.07) is 5.96. The minimum absolute atomic E-state index is 0.577. The number of hydrogen-bond acceptors (Lipinski definition) is 3. The number of rotatable bonds is 6. The first-order valence-corrected chi connectivity index (χ1v) is 7.95. The van der Waals surface area contributed by atoms with Crippen LogP contribution >= 0.6 is 23.2 Å². The minimum atomic E-state index is 0.577. The number of nitrogens with zero attached hydrogens (tertiary/aromatic N) is 1.